The molecule has 0 spiro atoms. The van der Waals surface area contributed by atoms with Crippen LogP contribution in [0.3, 0.4) is 0 Å². The molecule has 1 aliphatic heterocycles. The summed E-state index contributed by atoms with van der Waals surface area (Å²) < 4.78 is 19.9. The maximum Gasteiger partial charge on any atom is 0.246 e. The van der Waals surface area contributed by atoms with Gasteiger partial charge in [-0.15, -0.1) is 0 Å². The second kappa shape index (κ2) is 11.4. The first kappa shape index (κ1) is 23.4. The highest BCUT2D eigenvalue weighted by molar-refractivity contribution is 5.92. The summed E-state index contributed by atoms with van der Waals surface area (Å²) in [5.74, 6) is 0.0400. The highest BCUT2D eigenvalue weighted by Gasteiger charge is 2.28. The Balaban J connectivity index is 1.51. The monoisotopic (exact) mass is 439 g/mol. The molecule has 0 atom stereocenters. The molecule has 1 fully saturated rings. The number of amides is 2. The minimum Gasteiger partial charge on any atom is -0.453 e. The number of carbonyl (C=O) groups is 2. The Morgan fingerprint density at radius 1 is 1.28 bits per heavy atom. The van der Waals surface area contributed by atoms with Crippen LogP contribution in [0.25, 0.3) is 6.08 Å². The van der Waals surface area contributed by atoms with Crippen LogP contribution >= 0.6 is 0 Å². The topological polar surface area (TPSA) is 62.7 Å². The summed E-state index contributed by atoms with van der Waals surface area (Å²) in [5, 5.41) is 0. The van der Waals surface area contributed by atoms with Crippen LogP contribution in [0.1, 0.15) is 38.2 Å². The number of rotatable bonds is 8. The van der Waals surface area contributed by atoms with Crippen molar-refractivity contribution in [3.8, 4) is 11.5 Å². The molecule has 1 aliphatic rings. The maximum absolute atomic E-state index is 14.4. The molecule has 1 aromatic heterocycles. The number of ether oxygens (including phenoxy) is 1. The molecule has 3 rings (SSSR count). The van der Waals surface area contributed by atoms with Gasteiger partial charge in [-0.1, -0.05) is 19.4 Å². The van der Waals surface area contributed by atoms with Crippen LogP contribution < -0.4 is 4.74 Å². The van der Waals surface area contributed by atoms with Gasteiger partial charge >= 0.3 is 0 Å². The quantitative estimate of drug-likeness (QED) is 0.567. The summed E-state index contributed by atoms with van der Waals surface area (Å²) in [7, 11) is 1.85. The van der Waals surface area contributed by atoms with Crippen LogP contribution in [0.15, 0.2) is 48.8 Å². The molecule has 0 N–H and O–H groups in total. The Hall–Kier alpha value is -3.22. The van der Waals surface area contributed by atoms with Crippen molar-refractivity contribution in [2.24, 2.45) is 5.92 Å². The van der Waals surface area contributed by atoms with Crippen molar-refractivity contribution in [1.29, 1.82) is 0 Å². The number of aromatic nitrogens is 1. The number of pyridine rings is 1. The molecule has 6 nitrogen and oxygen atoms in total. The number of unbranched alkanes of at least 4 members (excludes halogenated alkanes) is 1. The average Bonchev–Trinajstić information content (AvgIpc) is 2.82. The number of carbonyl (C=O) groups excluding carboxylic acids is 2. The Bertz CT molecular complexity index is 941. The van der Waals surface area contributed by atoms with E-state index >= 15 is 0 Å². The predicted octanol–water partition coefficient (Wildman–Crippen LogP) is 4.52. The number of nitrogens with zero attached hydrogens (tertiary/aromatic N) is 3. The first-order valence-electron chi connectivity index (χ1n) is 11.1. The van der Waals surface area contributed by atoms with E-state index < -0.39 is 5.82 Å². The molecule has 0 bridgehead atoms. The van der Waals surface area contributed by atoms with E-state index in [-0.39, 0.29) is 23.5 Å². The van der Waals surface area contributed by atoms with Crippen molar-refractivity contribution in [3.63, 3.8) is 0 Å². The fraction of sp³-hybridized carbons (Fsp3) is 0.400. The largest absolute Gasteiger partial charge is 0.453 e. The van der Waals surface area contributed by atoms with Crippen molar-refractivity contribution >= 4 is 17.9 Å². The van der Waals surface area contributed by atoms with Gasteiger partial charge in [0.15, 0.2) is 11.6 Å². The molecule has 0 aliphatic carbocycles. The highest BCUT2D eigenvalue weighted by atomic mass is 19.1. The second-order valence-corrected chi connectivity index (χ2v) is 8.03. The summed E-state index contributed by atoms with van der Waals surface area (Å²) in [4.78, 5) is 32.5. The van der Waals surface area contributed by atoms with Crippen LogP contribution in [-0.2, 0) is 9.59 Å². The molecule has 0 saturated carbocycles. The normalized spacial score (nSPS) is 14.5. The van der Waals surface area contributed by atoms with Gasteiger partial charge in [0.2, 0.25) is 11.8 Å². The number of benzene rings is 1. The molecule has 32 heavy (non-hydrogen) atoms. The Morgan fingerprint density at radius 3 is 2.72 bits per heavy atom. The minimum atomic E-state index is -0.519. The number of likely N-dealkylation sites (tertiary alicyclic amines) is 1. The molecule has 1 saturated heterocycles. The van der Waals surface area contributed by atoms with Gasteiger partial charge in [0, 0.05) is 44.9 Å². The van der Waals surface area contributed by atoms with Gasteiger partial charge in [0.1, 0.15) is 5.75 Å². The number of hydrogen-bond donors (Lipinski definition) is 0. The lowest BCUT2D eigenvalue weighted by molar-refractivity contribution is -0.138. The van der Waals surface area contributed by atoms with Gasteiger partial charge in [-0.2, -0.15) is 0 Å². The van der Waals surface area contributed by atoms with Crippen LogP contribution in [0.2, 0.25) is 0 Å². The maximum atomic E-state index is 14.4. The predicted molar refractivity (Wildman–Crippen MR) is 122 cm³/mol. The molecule has 0 unspecified atom stereocenters. The lowest BCUT2D eigenvalue weighted by Crippen LogP contribution is -2.43. The van der Waals surface area contributed by atoms with Gasteiger partial charge in [0.05, 0.1) is 6.20 Å². The summed E-state index contributed by atoms with van der Waals surface area (Å²) in [5.41, 5.74) is 0.567. The fourth-order valence-corrected chi connectivity index (χ4v) is 3.67. The molecule has 2 heterocycles. The minimum absolute atomic E-state index is 0.0219. The van der Waals surface area contributed by atoms with Gasteiger partial charge in [-0.3, -0.25) is 14.6 Å². The van der Waals surface area contributed by atoms with Gasteiger partial charge in [-0.05, 0) is 55.2 Å². The molecule has 0 radical (unpaired) electrons. The molecule has 7 heteroatoms. The molecule has 170 valence electrons. The van der Waals surface area contributed by atoms with Crippen molar-refractivity contribution in [2.45, 2.75) is 32.6 Å². The van der Waals surface area contributed by atoms with Gasteiger partial charge in [0.25, 0.3) is 0 Å². The number of piperidine rings is 1. The Labute approximate surface area is 188 Å². The zero-order chi connectivity index (χ0) is 22.9. The first-order chi connectivity index (χ1) is 15.5. The molecule has 2 aromatic rings. The number of hydrogen-bond acceptors (Lipinski definition) is 4. The lowest BCUT2D eigenvalue weighted by Gasteiger charge is -2.32. The highest BCUT2D eigenvalue weighted by Crippen LogP contribution is 2.25. The van der Waals surface area contributed by atoms with E-state index in [0.29, 0.717) is 37.2 Å². The van der Waals surface area contributed by atoms with E-state index in [1.165, 1.54) is 24.4 Å². The molecule has 2 amide bonds. The average molecular weight is 440 g/mol. The van der Waals surface area contributed by atoms with E-state index in [1.807, 2.05) is 11.9 Å². The zero-order valence-corrected chi connectivity index (χ0v) is 18.7. The third kappa shape index (κ3) is 6.39. The van der Waals surface area contributed by atoms with E-state index in [2.05, 4.69) is 11.9 Å². The summed E-state index contributed by atoms with van der Waals surface area (Å²) in [6.07, 6.45) is 9.56. The summed E-state index contributed by atoms with van der Waals surface area (Å²) in [6, 6.07) is 7.94. The SMILES string of the molecule is CCCCN(C)C(=O)C1CCN(C(=O)/C=C/c2ccc(Oc3cccnc3)c(F)c2)CC1. The van der Waals surface area contributed by atoms with Crippen molar-refractivity contribution in [2.75, 3.05) is 26.7 Å². The fourth-order valence-electron chi connectivity index (χ4n) is 3.67. The third-order valence-electron chi connectivity index (χ3n) is 5.62. The van der Waals surface area contributed by atoms with E-state index in [9.17, 15) is 14.0 Å². The van der Waals surface area contributed by atoms with Gasteiger partial charge < -0.3 is 14.5 Å². The second-order valence-electron chi connectivity index (χ2n) is 8.03. The third-order valence-corrected chi connectivity index (χ3v) is 5.62. The standard InChI is InChI=1S/C25H30FN3O3/c1-3-4-14-28(2)25(31)20-11-15-29(16-12-20)24(30)10-8-19-7-9-23(22(26)17-19)32-21-6-5-13-27-18-21/h5-10,13,17-18,20H,3-4,11-12,14-16H2,1-2H3/b10-8+. The van der Waals surface area contributed by atoms with Crippen molar-refractivity contribution < 1.29 is 18.7 Å². The molecular weight excluding hydrogens is 409 g/mol. The summed E-state index contributed by atoms with van der Waals surface area (Å²) in [6.45, 7) is 3.98. The van der Waals surface area contributed by atoms with Crippen molar-refractivity contribution in [1.82, 2.24) is 14.8 Å². The first-order valence-corrected chi connectivity index (χ1v) is 11.1. The Morgan fingerprint density at radius 2 is 2.06 bits per heavy atom. The van der Waals surface area contributed by atoms with Crippen LogP contribution in [0, 0.1) is 11.7 Å². The molecule has 1 aromatic carbocycles. The smallest absolute Gasteiger partial charge is 0.246 e. The molecular formula is C25H30FN3O3. The summed E-state index contributed by atoms with van der Waals surface area (Å²) >= 11 is 0. The van der Waals surface area contributed by atoms with Crippen LogP contribution in [-0.4, -0.2) is 53.3 Å². The Kier molecular flexibility index (Phi) is 8.36. The van der Waals surface area contributed by atoms with Crippen molar-refractivity contribution in [3.05, 3.63) is 60.2 Å². The van der Waals surface area contributed by atoms with Gasteiger partial charge in [-0.25, -0.2) is 4.39 Å². The van der Waals surface area contributed by atoms with E-state index in [0.717, 1.165) is 19.4 Å². The van der Waals surface area contributed by atoms with E-state index in [1.54, 1.807) is 35.4 Å². The van der Waals surface area contributed by atoms with Crippen LogP contribution in [0.5, 0.6) is 11.5 Å². The van der Waals surface area contributed by atoms with Crippen LogP contribution in [0.4, 0.5) is 4.39 Å². The zero-order valence-electron chi connectivity index (χ0n) is 18.7. The lowest BCUT2D eigenvalue weighted by atomic mass is 9.95. The number of halogens is 1. The van der Waals surface area contributed by atoms with E-state index in [4.69, 9.17) is 4.74 Å².